The quantitative estimate of drug-likeness (QED) is 0.186. The van der Waals surface area contributed by atoms with Crippen LogP contribution in [0.3, 0.4) is 0 Å². The SMILES string of the molecule is CCNC(=NCCCCC1CCCC1)NCCNS(=O)(=O)CC.I. The molecule has 0 saturated heterocycles. The number of nitrogens with one attached hydrogen (secondary N) is 3. The molecule has 6 nitrogen and oxygen atoms in total. The van der Waals surface area contributed by atoms with Crippen molar-refractivity contribution in [3.8, 4) is 0 Å². The van der Waals surface area contributed by atoms with Gasteiger partial charge in [-0.3, -0.25) is 4.99 Å². The van der Waals surface area contributed by atoms with Crippen LogP contribution < -0.4 is 15.4 Å². The van der Waals surface area contributed by atoms with Gasteiger partial charge in [-0.15, -0.1) is 24.0 Å². The van der Waals surface area contributed by atoms with Crippen LogP contribution in [-0.2, 0) is 10.0 Å². The average molecular weight is 474 g/mol. The molecule has 24 heavy (non-hydrogen) atoms. The van der Waals surface area contributed by atoms with Gasteiger partial charge < -0.3 is 10.6 Å². The standard InChI is InChI=1S/C16H34N4O2S.HI/c1-3-17-16(19-13-14-20-23(21,22)4-2)18-12-8-7-11-15-9-5-6-10-15;/h15,20H,3-14H2,1-2H3,(H2,17,18,19);1H. The summed E-state index contributed by atoms with van der Waals surface area (Å²) in [4.78, 5) is 4.55. The van der Waals surface area contributed by atoms with Gasteiger partial charge in [0.15, 0.2) is 5.96 Å². The lowest BCUT2D eigenvalue weighted by atomic mass is 10.0. The summed E-state index contributed by atoms with van der Waals surface area (Å²) in [6, 6.07) is 0. The second-order valence-corrected chi connectivity index (χ2v) is 8.23. The molecule has 0 amide bonds. The van der Waals surface area contributed by atoms with Crippen molar-refractivity contribution in [2.45, 2.75) is 58.8 Å². The summed E-state index contributed by atoms with van der Waals surface area (Å²) in [5.74, 6) is 1.84. The molecule has 1 fully saturated rings. The maximum Gasteiger partial charge on any atom is 0.211 e. The highest BCUT2D eigenvalue weighted by Gasteiger charge is 2.13. The molecule has 0 aliphatic heterocycles. The van der Waals surface area contributed by atoms with Crippen LogP contribution in [0.5, 0.6) is 0 Å². The normalized spacial score (nSPS) is 16.0. The van der Waals surface area contributed by atoms with E-state index in [1.807, 2.05) is 6.92 Å². The molecule has 0 radical (unpaired) electrons. The largest absolute Gasteiger partial charge is 0.357 e. The van der Waals surface area contributed by atoms with Crippen molar-refractivity contribution < 1.29 is 8.42 Å². The topological polar surface area (TPSA) is 82.6 Å². The summed E-state index contributed by atoms with van der Waals surface area (Å²) < 4.78 is 25.2. The maximum atomic E-state index is 11.3. The lowest BCUT2D eigenvalue weighted by molar-refractivity contribution is 0.475. The molecular formula is C16H35IN4O2S. The molecule has 0 aromatic heterocycles. The predicted molar refractivity (Wildman–Crippen MR) is 113 cm³/mol. The van der Waals surface area contributed by atoms with Crippen LogP contribution in [-0.4, -0.2) is 46.3 Å². The summed E-state index contributed by atoms with van der Waals surface area (Å²) in [7, 11) is -3.11. The fourth-order valence-corrected chi connectivity index (χ4v) is 3.48. The number of rotatable bonds is 11. The Kier molecular flexibility index (Phi) is 14.1. The number of hydrogen-bond acceptors (Lipinski definition) is 3. The van der Waals surface area contributed by atoms with Crippen molar-refractivity contribution in [2.75, 3.05) is 31.9 Å². The van der Waals surface area contributed by atoms with E-state index in [9.17, 15) is 8.42 Å². The van der Waals surface area contributed by atoms with Gasteiger partial charge >= 0.3 is 0 Å². The molecule has 1 saturated carbocycles. The molecule has 144 valence electrons. The molecule has 1 aliphatic rings. The summed E-state index contributed by atoms with van der Waals surface area (Å²) in [6.07, 6.45) is 9.39. The number of sulfonamides is 1. The lowest BCUT2D eigenvalue weighted by Crippen LogP contribution is -2.41. The minimum absolute atomic E-state index is 0. The fourth-order valence-electron chi connectivity index (χ4n) is 2.87. The summed E-state index contributed by atoms with van der Waals surface area (Å²) >= 11 is 0. The van der Waals surface area contributed by atoms with Crippen molar-refractivity contribution in [2.24, 2.45) is 10.9 Å². The van der Waals surface area contributed by atoms with Gasteiger partial charge in [0.2, 0.25) is 10.0 Å². The highest BCUT2D eigenvalue weighted by molar-refractivity contribution is 14.0. The van der Waals surface area contributed by atoms with E-state index in [1.165, 1.54) is 38.5 Å². The van der Waals surface area contributed by atoms with E-state index in [2.05, 4.69) is 20.3 Å². The number of hydrogen-bond donors (Lipinski definition) is 3. The minimum Gasteiger partial charge on any atom is -0.357 e. The molecular weight excluding hydrogens is 439 g/mol. The van der Waals surface area contributed by atoms with Crippen LogP contribution in [0.4, 0.5) is 0 Å². The van der Waals surface area contributed by atoms with E-state index in [0.717, 1.165) is 31.4 Å². The first kappa shape index (κ1) is 23.9. The smallest absolute Gasteiger partial charge is 0.211 e. The molecule has 0 aromatic rings. The van der Waals surface area contributed by atoms with Gasteiger partial charge in [-0.25, -0.2) is 13.1 Å². The van der Waals surface area contributed by atoms with Crippen molar-refractivity contribution in [1.82, 2.24) is 15.4 Å². The molecule has 0 unspecified atom stereocenters. The molecule has 0 atom stereocenters. The Hall–Kier alpha value is -0.0900. The predicted octanol–water partition coefficient (Wildman–Crippen LogP) is 2.46. The number of guanidine groups is 1. The van der Waals surface area contributed by atoms with Gasteiger partial charge in [0.05, 0.1) is 5.75 Å². The molecule has 0 bridgehead atoms. The van der Waals surface area contributed by atoms with Crippen molar-refractivity contribution in [3.63, 3.8) is 0 Å². The summed E-state index contributed by atoms with van der Waals surface area (Å²) in [5.41, 5.74) is 0. The molecule has 3 N–H and O–H groups in total. The first-order chi connectivity index (χ1) is 11.1. The number of unbranched alkanes of at least 4 members (excludes halogenated alkanes) is 1. The van der Waals surface area contributed by atoms with E-state index >= 15 is 0 Å². The van der Waals surface area contributed by atoms with Gasteiger partial charge in [0.25, 0.3) is 0 Å². The first-order valence-corrected chi connectivity index (χ1v) is 10.7. The van der Waals surface area contributed by atoms with E-state index in [-0.39, 0.29) is 29.7 Å². The van der Waals surface area contributed by atoms with Gasteiger partial charge in [-0.1, -0.05) is 38.5 Å². The summed E-state index contributed by atoms with van der Waals surface area (Å²) in [6.45, 7) is 6.19. The first-order valence-electron chi connectivity index (χ1n) is 9.07. The molecule has 0 aromatic carbocycles. The van der Waals surface area contributed by atoms with E-state index in [0.29, 0.717) is 13.1 Å². The molecule has 1 rings (SSSR count). The van der Waals surface area contributed by atoms with Crippen LogP contribution >= 0.6 is 24.0 Å². The van der Waals surface area contributed by atoms with E-state index < -0.39 is 10.0 Å². The highest BCUT2D eigenvalue weighted by atomic mass is 127. The Morgan fingerprint density at radius 1 is 1.08 bits per heavy atom. The van der Waals surface area contributed by atoms with Gasteiger partial charge in [-0.05, 0) is 26.2 Å². The number of halogens is 1. The third kappa shape index (κ3) is 11.5. The Bertz CT molecular complexity index is 437. The number of aliphatic imine (C=N–C) groups is 1. The van der Waals surface area contributed by atoms with Gasteiger partial charge in [-0.2, -0.15) is 0 Å². The van der Waals surface area contributed by atoms with Crippen LogP contribution in [0, 0.1) is 5.92 Å². The van der Waals surface area contributed by atoms with E-state index in [4.69, 9.17) is 0 Å². The third-order valence-corrected chi connectivity index (χ3v) is 5.63. The van der Waals surface area contributed by atoms with Crippen molar-refractivity contribution >= 4 is 40.0 Å². The highest BCUT2D eigenvalue weighted by Crippen LogP contribution is 2.28. The monoisotopic (exact) mass is 474 g/mol. The van der Waals surface area contributed by atoms with Crippen LogP contribution in [0.15, 0.2) is 4.99 Å². The van der Waals surface area contributed by atoms with E-state index in [1.54, 1.807) is 6.92 Å². The zero-order valence-electron chi connectivity index (χ0n) is 15.1. The van der Waals surface area contributed by atoms with Crippen LogP contribution in [0.2, 0.25) is 0 Å². The van der Waals surface area contributed by atoms with Crippen molar-refractivity contribution in [1.29, 1.82) is 0 Å². The Balaban J connectivity index is 0.00000529. The second kappa shape index (κ2) is 14.1. The Morgan fingerprint density at radius 2 is 1.79 bits per heavy atom. The fraction of sp³-hybridized carbons (Fsp3) is 0.938. The maximum absolute atomic E-state index is 11.3. The van der Waals surface area contributed by atoms with Gasteiger partial charge in [0.1, 0.15) is 0 Å². The zero-order valence-corrected chi connectivity index (χ0v) is 18.3. The molecule has 0 spiro atoms. The molecule has 1 aliphatic carbocycles. The molecule has 0 heterocycles. The third-order valence-electron chi connectivity index (χ3n) is 4.23. The van der Waals surface area contributed by atoms with Crippen LogP contribution in [0.25, 0.3) is 0 Å². The second-order valence-electron chi connectivity index (χ2n) is 6.13. The van der Waals surface area contributed by atoms with Crippen molar-refractivity contribution in [3.05, 3.63) is 0 Å². The Labute approximate surface area is 165 Å². The lowest BCUT2D eigenvalue weighted by Gasteiger charge is -2.12. The average Bonchev–Trinajstić information content (AvgIpc) is 3.04. The molecule has 8 heteroatoms. The van der Waals surface area contributed by atoms with Gasteiger partial charge in [0, 0.05) is 26.2 Å². The minimum atomic E-state index is -3.11. The zero-order chi connectivity index (χ0) is 17.0. The summed E-state index contributed by atoms with van der Waals surface area (Å²) in [5, 5.41) is 6.35. The Morgan fingerprint density at radius 3 is 2.42 bits per heavy atom. The number of nitrogens with zero attached hydrogens (tertiary/aromatic N) is 1. The van der Waals surface area contributed by atoms with Crippen LogP contribution in [0.1, 0.15) is 58.8 Å².